The van der Waals surface area contributed by atoms with Gasteiger partial charge in [0, 0.05) is 13.1 Å². The van der Waals surface area contributed by atoms with E-state index in [-0.39, 0.29) is 35.5 Å². The lowest BCUT2D eigenvalue weighted by atomic mass is 9.99. The minimum Gasteiger partial charge on any atom is -0.504 e. The number of aliphatic hydroxyl groups is 3. The normalized spacial score (nSPS) is 22.1. The molecule has 0 saturated carbocycles. The Labute approximate surface area is 238 Å². The number of hydrogen-bond donors (Lipinski definition) is 8. The number of nitrogens with zero attached hydrogens (tertiary/aromatic N) is 1. The molecular weight excluding hydrogens is 566 g/mol. The number of hydrogen-bond acceptors (Lipinski definition) is 14. The highest BCUT2D eigenvalue weighted by atomic mass is 16.7. The number of benzene rings is 2. The molecule has 1 heterocycles. The topological polar surface area (TPSA) is 261 Å². The van der Waals surface area contributed by atoms with Crippen LogP contribution in [-0.2, 0) is 9.47 Å². The van der Waals surface area contributed by atoms with Crippen molar-refractivity contribution in [1.82, 2.24) is 5.32 Å². The summed E-state index contributed by atoms with van der Waals surface area (Å²) in [7, 11) is 3.77. The molecule has 0 unspecified atom stereocenters. The second-order valence-corrected chi connectivity index (χ2v) is 8.63. The van der Waals surface area contributed by atoms with Gasteiger partial charge >= 0.3 is 11.9 Å². The molecule has 1 aliphatic heterocycles. The van der Waals surface area contributed by atoms with Crippen LogP contribution in [0.5, 0.6) is 34.5 Å². The maximum atomic E-state index is 12.7. The van der Waals surface area contributed by atoms with Crippen molar-refractivity contribution in [1.29, 1.82) is 0 Å². The second-order valence-electron chi connectivity index (χ2n) is 8.63. The molecule has 0 spiro atoms. The fourth-order valence-electron chi connectivity index (χ4n) is 3.75. The van der Waals surface area contributed by atoms with Crippen LogP contribution in [0.2, 0.25) is 0 Å². The van der Waals surface area contributed by atoms with Crippen LogP contribution in [0.25, 0.3) is 0 Å². The SMILES string of the molecule is CN=C(N)NCOc1cc(C(=O)O)ccc1O[C@H]1O[C@H](COC(=O)c2cc(OC)c(O)c(OC)c2O)[C@@H](O)[C@H](O)[C@H]1O. The first kappa shape index (κ1) is 31.8. The Hall–Kier alpha value is -4.71. The van der Waals surface area contributed by atoms with E-state index in [2.05, 4.69) is 10.3 Å². The van der Waals surface area contributed by atoms with E-state index in [1.54, 1.807) is 0 Å². The van der Waals surface area contributed by atoms with Crippen LogP contribution in [0.3, 0.4) is 0 Å². The molecule has 17 nitrogen and oxygen atoms in total. The van der Waals surface area contributed by atoms with Gasteiger partial charge in [0.15, 0.2) is 35.7 Å². The Balaban J connectivity index is 1.78. The van der Waals surface area contributed by atoms with Crippen molar-refractivity contribution in [2.24, 2.45) is 10.7 Å². The lowest BCUT2D eigenvalue weighted by molar-refractivity contribution is -0.277. The summed E-state index contributed by atoms with van der Waals surface area (Å²) in [5, 5.41) is 63.7. The number of esters is 1. The highest BCUT2D eigenvalue weighted by molar-refractivity contribution is 5.95. The van der Waals surface area contributed by atoms with Crippen molar-refractivity contribution in [2.45, 2.75) is 30.7 Å². The van der Waals surface area contributed by atoms with E-state index in [9.17, 15) is 40.2 Å². The van der Waals surface area contributed by atoms with Gasteiger partial charge in [-0.05, 0) is 18.2 Å². The van der Waals surface area contributed by atoms with Crippen LogP contribution in [0.4, 0.5) is 0 Å². The molecule has 0 bridgehead atoms. The number of methoxy groups -OCH3 is 2. The molecule has 42 heavy (non-hydrogen) atoms. The summed E-state index contributed by atoms with van der Waals surface area (Å²) in [4.78, 5) is 27.9. The van der Waals surface area contributed by atoms with Gasteiger partial charge in [-0.3, -0.25) is 4.99 Å². The van der Waals surface area contributed by atoms with Crippen LogP contribution >= 0.6 is 0 Å². The van der Waals surface area contributed by atoms with Crippen molar-refractivity contribution >= 4 is 17.9 Å². The average molecular weight is 598 g/mol. The maximum absolute atomic E-state index is 12.7. The lowest BCUT2D eigenvalue weighted by Crippen LogP contribution is -2.60. The zero-order chi connectivity index (χ0) is 31.1. The number of phenols is 2. The summed E-state index contributed by atoms with van der Waals surface area (Å²) in [6.45, 7) is -0.953. The number of aromatic hydroxyl groups is 2. The highest BCUT2D eigenvalue weighted by Gasteiger charge is 2.46. The molecule has 1 aliphatic rings. The largest absolute Gasteiger partial charge is 0.504 e. The first-order valence-corrected chi connectivity index (χ1v) is 12.1. The maximum Gasteiger partial charge on any atom is 0.342 e. The van der Waals surface area contributed by atoms with Gasteiger partial charge in [-0.1, -0.05) is 0 Å². The summed E-state index contributed by atoms with van der Waals surface area (Å²) < 4.78 is 31.7. The van der Waals surface area contributed by atoms with Gasteiger partial charge in [0.05, 0.1) is 19.8 Å². The van der Waals surface area contributed by atoms with Crippen LogP contribution < -0.4 is 30.0 Å². The van der Waals surface area contributed by atoms with E-state index in [4.69, 9.17) is 34.2 Å². The van der Waals surface area contributed by atoms with Gasteiger partial charge in [0.1, 0.15) is 36.6 Å². The summed E-state index contributed by atoms with van der Waals surface area (Å²) >= 11 is 0. The first-order valence-electron chi connectivity index (χ1n) is 12.1. The molecule has 1 saturated heterocycles. The molecule has 0 radical (unpaired) electrons. The number of aromatic carboxylic acids is 1. The van der Waals surface area contributed by atoms with E-state index >= 15 is 0 Å². The number of phenolic OH excluding ortho intramolecular Hbond substituents is 2. The number of ether oxygens (including phenoxy) is 6. The molecule has 1 fully saturated rings. The molecule has 0 amide bonds. The Morgan fingerprint density at radius 1 is 1.00 bits per heavy atom. The monoisotopic (exact) mass is 597 g/mol. The molecular formula is C25H31N3O14. The first-order chi connectivity index (χ1) is 19.9. The van der Waals surface area contributed by atoms with Gasteiger partial charge in [0.2, 0.25) is 17.8 Å². The standard InChI is InChI=1S/C25H31N3O14/c1-27-25(26)28-9-40-13-6-10(22(34)35)4-5-12(13)41-24-20(33)19(32)17(30)15(42-24)8-39-23(36)11-7-14(37-2)18(31)21(38-3)16(11)29/h4-7,15,17,19-20,24,29-33H,8-9H2,1-3H3,(H,34,35)(H3,26,27,28)/t15-,17-,19+,20-,24+/m1/s1. The number of carbonyl (C=O) groups excluding carboxylic acids is 1. The van der Waals surface area contributed by atoms with Crippen LogP contribution in [0, 0.1) is 0 Å². The zero-order valence-corrected chi connectivity index (χ0v) is 22.6. The molecule has 230 valence electrons. The number of aliphatic imine (C=N–C) groups is 1. The van der Waals surface area contributed by atoms with E-state index in [0.29, 0.717) is 0 Å². The predicted molar refractivity (Wildman–Crippen MR) is 140 cm³/mol. The third-order valence-electron chi connectivity index (χ3n) is 6.04. The number of guanidine groups is 1. The summed E-state index contributed by atoms with van der Waals surface area (Å²) in [5.74, 6) is -4.57. The average Bonchev–Trinajstić information content (AvgIpc) is 2.97. The van der Waals surface area contributed by atoms with E-state index in [1.165, 1.54) is 26.3 Å². The molecule has 2 aromatic rings. The van der Waals surface area contributed by atoms with Crippen molar-refractivity contribution in [3.05, 3.63) is 35.4 Å². The van der Waals surface area contributed by atoms with Gasteiger partial charge in [0.25, 0.3) is 0 Å². The van der Waals surface area contributed by atoms with Gasteiger partial charge < -0.3 is 70.1 Å². The van der Waals surface area contributed by atoms with Crippen LogP contribution in [0.1, 0.15) is 20.7 Å². The smallest absolute Gasteiger partial charge is 0.342 e. The molecule has 0 aromatic heterocycles. The van der Waals surface area contributed by atoms with Crippen molar-refractivity contribution < 1.29 is 68.6 Å². The Morgan fingerprint density at radius 2 is 1.71 bits per heavy atom. The molecule has 9 N–H and O–H groups in total. The summed E-state index contributed by atoms with van der Waals surface area (Å²) in [6.07, 6.45) is -8.52. The van der Waals surface area contributed by atoms with Crippen molar-refractivity contribution in [3.63, 3.8) is 0 Å². The number of nitrogens with one attached hydrogen (secondary N) is 1. The molecule has 17 heteroatoms. The Kier molecular flexibility index (Phi) is 10.4. The minimum atomic E-state index is -1.83. The van der Waals surface area contributed by atoms with Gasteiger partial charge in [-0.15, -0.1) is 0 Å². The van der Waals surface area contributed by atoms with E-state index in [0.717, 1.165) is 19.2 Å². The number of rotatable bonds is 11. The lowest BCUT2D eigenvalue weighted by Gasteiger charge is -2.40. The van der Waals surface area contributed by atoms with Gasteiger partial charge in [-0.2, -0.15) is 0 Å². The molecule has 2 aromatic carbocycles. The Morgan fingerprint density at radius 3 is 2.33 bits per heavy atom. The van der Waals surface area contributed by atoms with Crippen molar-refractivity contribution in [2.75, 3.05) is 34.6 Å². The minimum absolute atomic E-state index is 0.0323. The molecule has 3 rings (SSSR count). The third kappa shape index (κ3) is 6.95. The fourth-order valence-corrected chi connectivity index (χ4v) is 3.75. The zero-order valence-electron chi connectivity index (χ0n) is 22.6. The molecule has 0 aliphatic carbocycles. The van der Waals surface area contributed by atoms with Crippen LogP contribution in [0.15, 0.2) is 29.3 Å². The van der Waals surface area contributed by atoms with E-state index in [1.807, 2.05) is 0 Å². The third-order valence-corrected chi connectivity index (χ3v) is 6.04. The predicted octanol–water partition coefficient (Wildman–Crippen LogP) is -1.27. The second kappa shape index (κ2) is 13.8. The molecule has 5 atom stereocenters. The van der Waals surface area contributed by atoms with E-state index < -0.39 is 72.1 Å². The van der Waals surface area contributed by atoms with Crippen molar-refractivity contribution in [3.8, 4) is 34.5 Å². The number of carboxylic acids is 1. The number of aliphatic hydroxyl groups excluding tert-OH is 3. The number of carbonyl (C=O) groups is 2. The van der Waals surface area contributed by atoms with Gasteiger partial charge in [-0.25, -0.2) is 9.59 Å². The summed E-state index contributed by atoms with van der Waals surface area (Å²) in [5.41, 5.74) is 4.93. The quantitative estimate of drug-likeness (QED) is 0.0649. The van der Waals surface area contributed by atoms with Crippen LogP contribution in [-0.4, -0.2) is 114 Å². The number of nitrogens with two attached hydrogens (primary N) is 1. The summed E-state index contributed by atoms with van der Waals surface area (Å²) in [6, 6.07) is 4.53. The Bertz CT molecular complexity index is 1320. The highest BCUT2D eigenvalue weighted by Crippen LogP contribution is 2.45. The fraction of sp³-hybridized carbons (Fsp3) is 0.400. The number of carboxylic acid groups (broad SMARTS) is 1.